The minimum atomic E-state index is -1.29. The molecule has 0 spiro atoms. The van der Waals surface area contributed by atoms with Crippen LogP contribution >= 0.6 is 8.38 Å². The Morgan fingerprint density at radius 1 is 1.77 bits per heavy atom. The molecule has 1 N–H and O–H groups in total. The summed E-state index contributed by atoms with van der Waals surface area (Å²) >= 11 is 0. The van der Waals surface area contributed by atoms with E-state index in [1.165, 1.54) is 0 Å². The van der Waals surface area contributed by atoms with Gasteiger partial charge < -0.3 is 14.3 Å². The molecule has 1 saturated heterocycles. The summed E-state index contributed by atoms with van der Waals surface area (Å²) in [5, 5.41) is 0. The number of nitrogens with zero attached hydrogens (tertiary/aromatic N) is 1. The molecule has 0 aliphatic carbocycles. The van der Waals surface area contributed by atoms with Crippen molar-refractivity contribution in [2.45, 2.75) is 25.8 Å². The minimum Gasteiger partial charge on any atom is -0.350 e. The van der Waals surface area contributed by atoms with Gasteiger partial charge in [-0.2, -0.15) is 0 Å². The Hall–Kier alpha value is -0.180. The summed E-state index contributed by atoms with van der Waals surface area (Å²) in [6.07, 6.45) is 2.03. The Balaban J connectivity index is 2.35. The zero-order valence-electron chi connectivity index (χ0n) is 8.06. The predicted molar refractivity (Wildman–Crippen MR) is 51.4 cm³/mol. The summed E-state index contributed by atoms with van der Waals surface area (Å²) in [6.45, 7) is 4.52. The Bertz CT molecular complexity index is 186. The first-order valence-corrected chi connectivity index (χ1v) is 6.10. The first kappa shape index (κ1) is 10.9. The molecule has 0 aromatic rings. The van der Waals surface area contributed by atoms with Gasteiger partial charge in [-0.25, -0.2) is 0 Å². The number of rotatable bonds is 3. The van der Waals surface area contributed by atoms with Crippen LogP contribution in [0.4, 0.5) is 0 Å². The van der Waals surface area contributed by atoms with Crippen molar-refractivity contribution in [1.82, 2.24) is 4.90 Å². The lowest BCUT2D eigenvalue weighted by atomic mass is 10.2. The van der Waals surface area contributed by atoms with E-state index in [9.17, 15) is 4.79 Å². The Morgan fingerprint density at radius 3 is 3.00 bits per heavy atom. The van der Waals surface area contributed by atoms with Crippen molar-refractivity contribution in [3.8, 4) is 0 Å². The van der Waals surface area contributed by atoms with Crippen molar-refractivity contribution in [3.63, 3.8) is 0 Å². The summed E-state index contributed by atoms with van der Waals surface area (Å²) < 4.78 is 5.13. The van der Waals surface area contributed by atoms with E-state index in [0.29, 0.717) is 6.61 Å². The highest BCUT2D eigenvalue weighted by molar-refractivity contribution is 7.45. The molecule has 1 fully saturated rings. The molecule has 1 amide bonds. The molecule has 0 aromatic carbocycles. The third-order valence-electron chi connectivity index (χ3n) is 2.24. The molecule has 5 heteroatoms. The van der Waals surface area contributed by atoms with Gasteiger partial charge in [-0.05, 0) is 12.8 Å². The molecule has 13 heavy (non-hydrogen) atoms. The number of likely N-dealkylation sites (tertiary alicyclic amines) is 1. The zero-order valence-corrected chi connectivity index (χ0v) is 8.96. The van der Waals surface area contributed by atoms with Crippen LogP contribution in [-0.4, -0.2) is 41.6 Å². The van der Waals surface area contributed by atoms with Crippen LogP contribution in [0.15, 0.2) is 0 Å². The molecule has 1 rings (SSSR count). The first-order valence-electron chi connectivity index (χ1n) is 4.44. The van der Waals surface area contributed by atoms with Crippen molar-refractivity contribution in [3.05, 3.63) is 0 Å². The van der Waals surface area contributed by atoms with Gasteiger partial charge in [-0.15, -0.1) is 0 Å². The van der Waals surface area contributed by atoms with Crippen molar-refractivity contribution in [2.24, 2.45) is 0 Å². The molecule has 2 atom stereocenters. The average Bonchev–Trinajstić information content (AvgIpc) is 2.47. The van der Waals surface area contributed by atoms with E-state index in [1.807, 2.05) is 4.90 Å². The second-order valence-electron chi connectivity index (χ2n) is 3.27. The van der Waals surface area contributed by atoms with Crippen molar-refractivity contribution in [1.29, 1.82) is 0 Å². The Morgan fingerprint density at radius 2 is 2.46 bits per heavy atom. The van der Waals surface area contributed by atoms with Crippen LogP contribution in [0.3, 0.4) is 0 Å². The van der Waals surface area contributed by atoms with Gasteiger partial charge in [-0.3, -0.25) is 4.79 Å². The van der Waals surface area contributed by atoms with E-state index in [0.717, 1.165) is 19.4 Å². The highest BCUT2D eigenvalue weighted by Crippen LogP contribution is 2.28. The van der Waals surface area contributed by atoms with Gasteiger partial charge in [0.15, 0.2) is 8.38 Å². The van der Waals surface area contributed by atoms with Gasteiger partial charge in [0.2, 0.25) is 5.91 Å². The topological polar surface area (TPSA) is 49.8 Å². The zero-order chi connectivity index (χ0) is 9.84. The van der Waals surface area contributed by atoms with Crippen LogP contribution in [0.1, 0.15) is 19.8 Å². The van der Waals surface area contributed by atoms with Gasteiger partial charge >= 0.3 is 0 Å². The fraction of sp³-hybridized carbons (Fsp3) is 0.875. The lowest BCUT2D eigenvalue weighted by molar-refractivity contribution is -0.130. The molecule has 0 aromatic heterocycles. The average molecular weight is 205 g/mol. The second kappa shape index (κ2) is 4.89. The van der Waals surface area contributed by atoms with Gasteiger partial charge in [0.1, 0.15) is 0 Å². The maximum absolute atomic E-state index is 11.1. The Kier molecular flexibility index (Phi) is 4.10. The standard InChI is InChI=1S/C8H16NO3P/c1-7(10)9-5-3-4-8(9)6-12-13(2)11/h8,11H,3-6H2,1-2H3. The highest BCUT2D eigenvalue weighted by Gasteiger charge is 2.26. The molecule has 1 aliphatic rings. The summed E-state index contributed by atoms with van der Waals surface area (Å²) in [5.74, 6) is 0.101. The SMILES string of the molecule is CC(=O)N1CCCC1COP(C)O. The van der Waals surface area contributed by atoms with Crippen LogP contribution in [-0.2, 0) is 9.32 Å². The number of carbonyl (C=O) groups excluding carboxylic acids is 1. The summed E-state index contributed by atoms with van der Waals surface area (Å²) in [6, 6.07) is 0.176. The second-order valence-corrected chi connectivity index (χ2v) is 4.46. The van der Waals surface area contributed by atoms with Crippen molar-refractivity contribution in [2.75, 3.05) is 19.8 Å². The number of hydrogen-bond acceptors (Lipinski definition) is 3. The fourth-order valence-corrected chi connectivity index (χ4v) is 2.01. The van der Waals surface area contributed by atoms with E-state index < -0.39 is 8.38 Å². The molecular weight excluding hydrogens is 189 g/mol. The molecule has 2 unspecified atom stereocenters. The van der Waals surface area contributed by atoms with Gasteiger partial charge in [-0.1, -0.05) is 0 Å². The maximum atomic E-state index is 11.1. The number of hydrogen-bond donors (Lipinski definition) is 1. The van der Waals surface area contributed by atoms with Gasteiger partial charge in [0.25, 0.3) is 0 Å². The third kappa shape index (κ3) is 3.22. The predicted octanol–water partition coefficient (Wildman–Crippen LogP) is 0.948. The van der Waals surface area contributed by atoms with Crippen LogP contribution in [0.2, 0.25) is 0 Å². The van der Waals surface area contributed by atoms with Crippen LogP contribution < -0.4 is 0 Å². The summed E-state index contributed by atoms with van der Waals surface area (Å²) in [7, 11) is -1.29. The monoisotopic (exact) mass is 205 g/mol. The van der Waals surface area contributed by atoms with Crippen LogP contribution in [0.5, 0.6) is 0 Å². The largest absolute Gasteiger partial charge is 0.350 e. The normalized spacial score (nSPS) is 24.8. The lowest BCUT2D eigenvalue weighted by Crippen LogP contribution is -2.36. The smallest absolute Gasteiger partial charge is 0.219 e. The molecule has 4 nitrogen and oxygen atoms in total. The molecule has 76 valence electrons. The molecule has 1 aliphatic heterocycles. The highest BCUT2D eigenvalue weighted by atomic mass is 31.2. The van der Waals surface area contributed by atoms with Crippen molar-refractivity contribution < 1.29 is 14.2 Å². The van der Waals surface area contributed by atoms with E-state index in [2.05, 4.69) is 0 Å². The Labute approximate surface area is 79.8 Å². The number of amides is 1. The molecule has 1 heterocycles. The van der Waals surface area contributed by atoms with E-state index in [1.54, 1.807) is 13.6 Å². The fourth-order valence-electron chi connectivity index (χ4n) is 1.62. The summed E-state index contributed by atoms with van der Waals surface area (Å²) in [5.41, 5.74) is 0. The maximum Gasteiger partial charge on any atom is 0.219 e. The molecular formula is C8H16NO3P. The van der Waals surface area contributed by atoms with Crippen LogP contribution in [0, 0.1) is 0 Å². The third-order valence-corrected chi connectivity index (χ3v) is 2.76. The van der Waals surface area contributed by atoms with Crippen LogP contribution in [0.25, 0.3) is 0 Å². The van der Waals surface area contributed by atoms with Gasteiger partial charge in [0, 0.05) is 20.1 Å². The molecule has 0 radical (unpaired) electrons. The summed E-state index contributed by atoms with van der Waals surface area (Å²) in [4.78, 5) is 21.9. The van der Waals surface area contributed by atoms with E-state index in [4.69, 9.17) is 9.42 Å². The number of carbonyl (C=O) groups is 1. The quantitative estimate of drug-likeness (QED) is 0.698. The lowest BCUT2D eigenvalue weighted by Gasteiger charge is -2.23. The van der Waals surface area contributed by atoms with E-state index in [-0.39, 0.29) is 11.9 Å². The minimum absolute atomic E-state index is 0.101. The van der Waals surface area contributed by atoms with Crippen molar-refractivity contribution >= 4 is 14.3 Å². The molecule has 0 saturated carbocycles. The van der Waals surface area contributed by atoms with E-state index >= 15 is 0 Å². The molecule has 0 bridgehead atoms. The first-order chi connectivity index (χ1) is 6.11. The van der Waals surface area contributed by atoms with Gasteiger partial charge in [0.05, 0.1) is 12.6 Å².